The Balaban J connectivity index is 2.88. The van der Waals surface area contributed by atoms with Gasteiger partial charge in [0.15, 0.2) is 0 Å². The predicted molar refractivity (Wildman–Crippen MR) is 89.4 cm³/mol. The summed E-state index contributed by atoms with van der Waals surface area (Å²) in [7, 11) is 1.59. The molecule has 1 unspecified atom stereocenters. The number of aliphatic carboxylic acids is 1. The monoisotopic (exact) mass is 324 g/mol. The van der Waals surface area contributed by atoms with Crippen molar-refractivity contribution in [3.63, 3.8) is 0 Å². The van der Waals surface area contributed by atoms with Crippen molar-refractivity contribution in [2.24, 2.45) is 5.92 Å². The Kier molecular flexibility index (Phi) is 8.48. The maximum Gasteiger partial charge on any atom is 0.303 e. The zero-order valence-corrected chi connectivity index (χ0v) is 14.5. The van der Waals surface area contributed by atoms with Gasteiger partial charge >= 0.3 is 5.97 Å². The molecule has 1 aromatic carbocycles. The van der Waals surface area contributed by atoms with Crippen LogP contribution in [0.2, 0.25) is 0 Å². The lowest BCUT2D eigenvalue weighted by Crippen LogP contribution is -2.11. The Morgan fingerprint density at radius 1 is 1.26 bits per heavy atom. The molecule has 0 heterocycles. The average Bonchev–Trinajstić information content (AvgIpc) is 2.49. The average molecular weight is 324 g/mol. The van der Waals surface area contributed by atoms with E-state index in [0.717, 1.165) is 12.0 Å². The minimum absolute atomic E-state index is 0.0695. The molecule has 0 amide bonds. The van der Waals surface area contributed by atoms with E-state index >= 15 is 0 Å². The minimum atomic E-state index is -0.797. The largest absolute Gasteiger partial charge is 0.496 e. The molecule has 5 heteroatoms. The van der Waals surface area contributed by atoms with E-state index in [1.54, 1.807) is 7.11 Å². The fourth-order valence-corrected chi connectivity index (χ4v) is 2.58. The molecule has 1 rings (SSSR count). The molecule has 0 bridgehead atoms. The van der Waals surface area contributed by atoms with Gasteiger partial charge in [-0.3, -0.25) is 4.79 Å². The highest BCUT2D eigenvalue weighted by Crippen LogP contribution is 2.36. The molecule has 5 nitrogen and oxygen atoms in total. The third-order valence-corrected chi connectivity index (χ3v) is 3.52. The fraction of sp³-hybridized carbons (Fsp3) is 0.611. The molecule has 0 spiro atoms. The van der Waals surface area contributed by atoms with Crippen LogP contribution >= 0.6 is 0 Å². The number of carboxylic acid groups (broad SMARTS) is 1. The van der Waals surface area contributed by atoms with Crippen LogP contribution < -0.4 is 9.47 Å². The molecule has 130 valence electrons. The maximum absolute atomic E-state index is 11.2. The van der Waals surface area contributed by atoms with Gasteiger partial charge < -0.3 is 19.3 Å². The number of hydrogen-bond donors (Lipinski definition) is 1. The van der Waals surface area contributed by atoms with Gasteiger partial charge in [0.1, 0.15) is 18.1 Å². The van der Waals surface area contributed by atoms with Crippen molar-refractivity contribution in [2.45, 2.75) is 39.5 Å². The number of ether oxygens (including phenoxy) is 3. The molecule has 23 heavy (non-hydrogen) atoms. The van der Waals surface area contributed by atoms with Gasteiger partial charge in [-0.15, -0.1) is 0 Å². The van der Waals surface area contributed by atoms with Crippen LogP contribution in [-0.2, 0) is 9.53 Å². The summed E-state index contributed by atoms with van der Waals surface area (Å²) in [6, 6.07) is 5.58. The molecule has 0 aromatic heterocycles. The van der Waals surface area contributed by atoms with E-state index in [1.165, 1.54) is 0 Å². The van der Waals surface area contributed by atoms with Gasteiger partial charge in [-0.05, 0) is 36.8 Å². The van der Waals surface area contributed by atoms with Gasteiger partial charge in [-0.25, -0.2) is 0 Å². The lowest BCUT2D eigenvalue weighted by molar-refractivity contribution is -0.137. The van der Waals surface area contributed by atoms with Crippen LogP contribution in [-0.4, -0.2) is 38.0 Å². The summed E-state index contributed by atoms with van der Waals surface area (Å²) in [6.07, 6.45) is 0.895. The van der Waals surface area contributed by atoms with E-state index < -0.39 is 5.97 Å². The molecule has 0 saturated carbocycles. The van der Waals surface area contributed by atoms with Gasteiger partial charge in [0.05, 0.1) is 20.1 Å². The van der Waals surface area contributed by atoms with Crippen LogP contribution in [0.5, 0.6) is 11.5 Å². The molecule has 0 saturated heterocycles. The summed E-state index contributed by atoms with van der Waals surface area (Å²) >= 11 is 0. The first-order valence-corrected chi connectivity index (χ1v) is 8.08. The lowest BCUT2D eigenvalue weighted by atomic mass is 9.87. The summed E-state index contributed by atoms with van der Waals surface area (Å²) in [5.74, 6) is 0.913. The number of rotatable bonds is 11. The van der Waals surface area contributed by atoms with Crippen molar-refractivity contribution >= 4 is 5.97 Å². The fourth-order valence-electron chi connectivity index (χ4n) is 2.58. The van der Waals surface area contributed by atoms with Crippen molar-refractivity contribution in [3.8, 4) is 11.5 Å². The molecule has 1 aromatic rings. The summed E-state index contributed by atoms with van der Waals surface area (Å²) in [5, 5.41) is 9.16. The van der Waals surface area contributed by atoms with E-state index in [1.807, 2.05) is 25.1 Å². The Bertz CT molecular complexity index is 484. The molecule has 0 aliphatic rings. The number of carboxylic acids is 1. The number of carbonyl (C=O) groups is 1. The molecule has 0 radical (unpaired) electrons. The first-order chi connectivity index (χ1) is 11.0. The topological polar surface area (TPSA) is 65.0 Å². The van der Waals surface area contributed by atoms with E-state index in [0.29, 0.717) is 37.2 Å². The maximum atomic E-state index is 11.2. The van der Waals surface area contributed by atoms with Gasteiger partial charge in [-0.1, -0.05) is 19.9 Å². The minimum Gasteiger partial charge on any atom is -0.496 e. The number of benzene rings is 1. The third kappa shape index (κ3) is 6.91. The van der Waals surface area contributed by atoms with E-state index in [9.17, 15) is 4.79 Å². The van der Waals surface area contributed by atoms with Crippen LogP contribution in [0, 0.1) is 5.92 Å². The van der Waals surface area contributed by atoms with Crippen LogP contribution in [0.1, 0.15) is 45.1 Å². The van der Waals surface area contributed by atoms with Crippen molar-refractivity contribution in [3.05, 3.63) is 23.8 Å². The van der Waals surface area contributed by atoms with Crippen LogP contribution in [0.4, 0.5) is 0 Å². The Labute approximate surface area is 138 Å². The normalized spacial score (nSPS) is 12.2. The quantitative estimate of drug-likeness (QED) is 0.629. The molecule has 0 fully saturated rings. The summed E-state index contributed by atoms with van der Waals surface area (Å²) in [4.78, 5) is 11.2. The summed E-state index contributed by atoms with van der Waals surface area (Å²) in [5.41, 5.74) is 0.917. The summed E-state index contributed by atoms with van der Waals surface area (Å²) < 4.78 is 16.3. The Morgan fingerprint density at radius 3 is 2.57 bits per heavy atom. The van der Waals surface area contributed by atoms with Crippen molar-refractivity contribution in [1.82, 2.24) is 0 Å². The van der Waals surface area contributed by atoms with Crippen LogP contribution in [0.15, 0.2) is 18.2 Å². The summed E-state index contributed by atoms with van der Waals surface area (Å²) in [6.45, 7) is 7.79. The third-order valence-electron chi connectivity index (χ3n) is 3.52. The lowest BCUT2D eigenvalue weighted by Gasteiger charge is -2.21. The zero-order valence-electron chi connectivity index (χ0n) is 14.5. The van der Waals surface area contributed by atoms with E-state index in [-0.39, 0.29) is 12.3 Å². The van der Waals surface area contributed by atoms with Crippen LogP contribution in [0.25, 0.3) is 0 Å². The number of hydrogen-bond acceptors (Lipinski definition) is 4. The highest BCUT2D eigenvalue weighted by atomic mass is 16.5. The molecule has 1 atom stereocenters. The predicted octanol–water partition coefficient (Wildman–Crippen LogP) is 3.71. The Morgan fingerprint density at radius 2 is 2.00 bits per heavy atom. The van der Waals surface area contributed by atoms with Gasteiger partial charge in [-0.2, -0.15) is 0 Å². The molecular formula is C18H28O5. The van der Waals surface area contributed by atoms with Crippen LogP contribution in [0.3, 0.4) is 0 Å². The zero-order chi connectivity index (χ0) is 17.2. The van der Waals surface area contributed by atoms with Crippen molar-refractivity contribution < 1.29 is 24.1 Å². The second-order valence-corrected chi connectivity index (χ2v) is 5.87. The van der Waals surface area contributed by atoms with Crippen molar-refractivity contribution in [1.29, 1.82) is 0 Å². The first-order valence-electron chi connectivity index (χ1n) is 8.08. The highest BCUT2D eigenvalue weighted by molar-refractivity contribution is 5.68. The highest BCUT2D eigenvalue weighted by Gasteiger charge is 2.21. The van der Waals surface area contributed by atoms with Gasteiger partial charge in [0.25, 0.3) is 0 Å². The van der Waals surface area contributed by atoms with E-state index in [2.05, 4.69) is 13.8 Å². The Hall–Kier alpha value is -1.75. The van der Waals surface area contributed by atoms with Gasteiger partial charge in [0.2, 0.25) is 0 Å². The number of methoxy groups -OCH3 is 1. The van der Waals surface area contributed by atoms with Crippen molar-refractivity contribution in [2.75, 3.05) is 26.9 Å². The van der Waals surface area contributed by atoms with E-state index in [4.69, 9.17) is 19.3 Å². The first kappa shape index (κ1) is 19.3. The molecule has 0 aliphatic heterocycles. The molecule has 1 N–H and O–H groups in total. The molecule has 0 aliphatic carbocycles. The SMILES string of the molecule is CCOCCOc1ccc(C(CC(=O)O)CC(C)C)c(OC)c1. The second-order valence-electron chi connectivity index (χ2n) is 5.87. The molecular weight excluding hydrogens is 296 g/mol. The second kappa shape index (κ2) is 10.1. The van der Waals surface area contributed by atoms with Gasteiger partial charge in [0, 0.05) is 12.7 Å². The smallest absolute Gasteiger partial charge is 0.303 e. The standard InChI is InChI=1S/C18H28O5/c1-5-22-8-9-23-15-6-7-16(17(12-15)21-4)14(10-13(2)3)11-18(19)20/h6-7,12-14H,5,8-11H2,1-4H3,(H,19,20).